The van der Waals surface area contributed by atoms with Crippen molar-refractivity contribution in [1.29, 1.82) is 0 Å². The van der Waals surface area contributed by atoms with Crippen molar-refractivity contribution in [2.24, 2.45) is 5.73 Å². The van der Waals surface area contributed by atoms with Gasteiger partial charge in [-0.2, -0.15) is 0 Å². The summed E-state index contributed by atoms with van der Waals surface area (Å²) < 4.78 is 4.94. The fourth-order valence-electron chi connectivity index (χ4n) is 1.19. The van der Waals surface area contributed by atoms with Crippen molar-refractivity contribution in [3.05, 3.63) is 29.8 Å². The smallest absolute Gasteiger partial charge is 0.250 e. The maximum Gasteiger partial charge on any atom is 0.250 e. The third kappa shape index (κ3) is 3.36. The Morgan fingerprint density at radius 1 is 1.38 bits per heavy atom. The molecule has 0 heterocycles. The zero-order chi connectivity index (χ0) is 12.0. The Balaban J connectivity index is 2.73. The quantitative estimate of drug-likeness (QED) is 0.771. The van der Waals surface area contributed by atoms with Gasteiger partial charge in [-0.1, -0.05) is 12.1 Å². The molecule has 0 saturated carbocycles. The Morgan fingerprint density at radius 3 is 2.69 bits per heavy atom. The van der Waals surface area contributed by atoms with Crippen LogP contribution in [0, 0.1) is 0 Å². The number of hydrogen-bond donors (Lipinski definition) is 2. The number of anilines is 1. The molecule has 0 spiro atoms. The van der Waals surface area contributed by atoms with Crippen molar-refractivity contribution in [2.45, 2.75) is 6.92 Å². The van der Waals surface area contributed by atoms with E-state index in [9.17, 15) is 9.59 Å². The highest BCUT2D eigenvalue weighted by Gasteiger charge is 2.09. The first-order valence-corrected chi connectivity index (χ1v) is 4.91. The first kappa shape index (κ1) is 12.2. The summed E-state index contributed by atoms with van der Waals surface area (Å²) in [5, 5.41) is 2.56. The van der Waals surface area contributed by atoms with Crippen molar-refractivity contribution in [2.75, 3.05) is 18.5 Å². The molecular weight excluding hydrogens is 208 g/mol. The topological polar surface area (TPSA) is 81.4 Å². The van der Waals surface area contributed by atoms with Crippen LogP contribution in [0.15, 0.2) is 24.3 Å². The van der Waals surface area contributed by atoms with Crippen LogP contribution in [0.2, 0.25) is 0 Å². The minimum absolute atomic E-state index is 0.0381. The second-order valence-electron chi connectivity index (χ2n) is 3.10. The number of para-hydroxylation sites is 1. The van der Waals surface area contributed by atoms with Crippen LogP contribution >= 0.6 is 0 Å². The zero-order valence-electron chi connectivity index (χ0n) is 9.03. The second-order valence-corrected chi connectivity index (χ2v) is 3.10. The van der Waals surface area contributed by atoms with Gasteiger partial charge in [0, 0.05) is 6.61 Å². The normalized spacial score (nSPS) is 9.81. The zero-order valence-corrected chi connectivity index (χ0v) is 9.03. The standard InChI is InChI=1S/C11H14N2O3/c1-2-16-7-10(14)13-9-6-4-3-5-8(9)11(12)15/h3-6H,2,7H2,1H3,(H2,12,15)(H,13,14). The maximum absolute atomic E-state index is 11.4. The van der Waals surface area contributed by atoms with Crippen LogP contribution in [0.1, 0.15) is 17.3 Å². The molecule has 3 N–H and O–H groups in total. The molecule has 5 nitrogen and oxygen atoms in total. The van der Waals surface area contributed by atoms with Crippen molar-refractivity contribution in [3.8, 4) is 0 Å². The SMILES string of the molecule is CCOCC(=O)Nc1ccccc1C(N)=O. The van der Waals surface area contributed by atoms with Crippen LogP contribution < -0.4 is 11.1 Å². The first-order valence-electron chi connectivity index (χ1n) is 4.91. The van der Waals surface area contributed by atoms with Crippen LogP contribution in [0.25, 0.3) is 0 Å². The van der Waals surface area contributed by atoms with Gasteiger partial charge in [0.15, 0.2) is 0 Å². The average Bonchev–Trinajstić information content (AvgIpc) is 2.27. The van der Waals surface area contributed by atoms with Crippen molar-refractivity contribution in [1.82, 2.24) is 0 Å². The predicted octanol–water partition coefficient (Wildman–Crippen LogP) is 0.761. The first-order chi connectivity index (χ1) is 7.65. The van der Waals surface area contributed by atoms with Crippen molar-refractivity contribution < 1.29 is 14.3 Å². The molecule has 1 rings (SSSR count). The fraction of sp³-hybridized carbons (Fsp3) is 0.273. The molecule has 2 amide bonds. The summed E-state index contributed by atoms with van der Waals surface area (Å²) in [6.45, 7) is 2.22. The summed E-state index contributed by atoms with van der Waals surface area (Å²) >= 11 is 0. The van der Waals surface area contributed by atoms with E-state index in [4.69, 9.17) is 10.5 Å². The van der Waals surface area contributed by atoms with Gasteiger partial charge in [-0.05, 0) is 19.1 Å². The number of benzene rings is 1. The summed E-state index contributed by atoms with van der Waals surface area (Å²) in [6.07, 6.45) is 0. The van der Waals surface area contributed by atoms with E-state index >= 15 is 0 Å². The number of primary amides is 1. The summed E-state index contributed by atoms with van der Waals surface area (Å²) in [6, 6.07) is 6.56. The molecule has 0 fully saturated rings. The number of amides is 2. The molecule has 1 aromatic carbocycles. The van der Waals surface area contributed by atoms with E-state index in [0.717, 1.165) is 0 Å². The van der Waals surface area contributed by atoms with Crippen LogP contribution in [0.4, 0.5) is 5.69 Å². The molecule has 5 heteroatoms. The molecule has 16 heavy (non-hydrogen) atoms. The van der Waals surface area contributed by atoms with Crippen LogP contribution in [0.5, 0.6) is 0 Å². The van der Waals surface area contributed by atoms with Gasteiger partial charge in [-0.15, -0.1) is 0 Å². The van der Waals surface area contributed by atoms with Gasteiger partial charge in [0.1, 0.15) is 6.61 Å². The molecule has 86 valence electrons. The van der Waals surface area contributed by atoms with E-state index < -0.39 is 5.91 Å². The summed E-state index contributed by atoms with van der Waals surface area (Å²) in [7, 11) is 0. The number of carbonyl (C=O) groups is 2. The van der Waals surface area contributed by atoms with Gasteiger partial charge in [0.25, 0.3) is 5.91 Å². The molecule has 0 radical (unpaired) electrons. The molecule has 0 aromatic heterocycles. The summed E-state index contributed by atoms with van der Waals surface area (Å²) in [5.74, 6) is -0.886. The Kier molecular flexibility index (Phi) is 4.47. The van der Waals surface area contributed by atoms with Gasteiger partial charge in [-0.3, -0.25) is 9.59 Å². The maximum atomic E-state index is 11.4. The molecule has 0 unspecified atom stereocenters. The van der Waals surface area contributed by atoms with Gasteiger partial charge < -0.3 is 15.8 Å². The number of nitrogens with two attached hydrogens (primary N) is 1. The molecular formula is C11H14N2O3. The van der Waals surface area contributed by atoms with E-state index in [1.165, 1.54) is 0 Å². The highest BCUT2D eigenvalue weighted by Crippen LogP contribution is 2.13. The van der Waals surface area contributed by atoms with Crippen LogP contribution in [-0.2, 0) is 9.53 Å². The Bertz CT molecular complexity index is 391. The fourth-order valence-corrected chi connectivity index (χ4v) is 1.19. The van der Waals surface area contributed by atoms with Gasteiger partial charge in [-0.25, -0.2) is 0 Å². The lowest BCUT2D eigenvalue weighted by atomic mass is 10.1. The number of ether oxygens (including phenoxy) is 1. The minimum Gasteiger partial charge on any atom is -0.372 e. The van der Waals surface area contributed by atoms with E-state index in [0.29, 0.717) is 12.3 Å². The van der Waals surface area contributed by atoms with Crippen molar-refractivity contribution >= 4 is 17.5 Å². The average molecular weight is 222 g/mol. The Morgan fingerprint density at radius 2 is 2.06 bits per heavy atom. The van der Waals surface area contributed by atoms with Crippen molar-refractivity contribution in [3.63, 3.8) is 0 Å². The molecule has 0 aliphatic rings. The minimum atomic E-state index is -0.577. The summed E-state index contributed by atoms with van der Waals surface area (Å²) in [4.78, 5) is 22.4. The van der Waals surface area contributed by atoms with E-state index in [-0.39, 0.29) is 18.1 Å². The molecule has 0 bridgehead atoms. The predicted molar refractivity (Wildman–Crippen MR) is 60.1 cm³/mol. The molecule has 0 aliphatic heterocycles. The Labute approximate surface area is 93.6 Å². The third-order valence-electron chi connectivity index (χ3n) is 1.90. The van der Waals surface area contributed by atoms with Gasteiger partial charge in [0.2, 0.25) is 5.91 Å². The van der Waals surface area contributed by atoms with E-state index in [1.54, 1.807) is 31.2 Å². The lowest BCUT2D eigenvalue weighted by molar-refractivity contribution is -0.120. The van der Waals surface area contributed by atoms with E-state index in [2.05, 4.69) is 5.32 Å². The van der Waals surface area contributed by atoms with Crippen LogP contribution in [0.3, 0.4) is 0 Å². The molecule has 0 aliphatic carbocycles. The third-order valence-corrected chi connectivity index (χ3v) is 1.90. The number of nitrogens with one attached hydrogen (secondary N) is 1. The lowest BCUT2D eigenvalue weighted by Crippen LogP contribution is -2.21. The lowest BCUT2D eigenvalue weighted by Gasteiger charge is -2.08. The number of rotatable bonds is 5. The van der Waals surface area contributed by atoms with Gasteiger partial charge in [0.05, 0.1) is 11.3 Å². The summed E-state index contributed by atoms with van der Waals surface area (Å²) in [5.41, 5.74) is 5.86. The monoisotopic (exact) mass is 222 g/mol. The molecule has 0 atom stereocenters. The second kappa shape index (κ2) is 5.87. The number of carbonyl (C=O) groups excluding carboxylic acids is 2. The van der Waals surface area contributed by atoms with Crippen LogP contribution in [-0.4, -0.2) is 25.0 Å². The molecule has 0 saturated heterocycles. The highest BCUT2D eigenvalue weighted by atomic mass is 16.5. The highest BCUT2D eigenvalue weighted by molar-refractivity contribution is 6.03. The molecule has 1 aromatic rings. The van der Waals surface area contributed by atoms with E-state index in [1.807, 2.05) is 0 Å². The Hall–Kier alpha value is -1.88. The largest absolute Gasteiger partial charge is 0.372 e. The number of hydrogen-bond acceptors (Lipinski definition) is 3. The van der Waals surface area contributed by atoms with Gasteiger partial charge >= 0.3 is 0 Å².